The monoisotopic (exact) mass is 279 g/mol. The van der Waals surface area contributed by atoms with Crippen LogP contribution in [0.3, 0.4) is 0 Å². The molecule has 0 spiro atoms. The van der Waals surface area contributed by atoms with Crippen LogP contribution in [0, 0.1) is 0 Å². The van der Waals surface area contributed by atoms with Crippen molar-refractivity contribution in [2.24, 2.45) is 5.73 Å². The number of benzene rings is 1. The number of anilines is 1. The van der Waals surface area contributed by atoms with Crippen molar-refractivity contribution in [2.75, 3.05) is 38.2 Å². The SMILES string of the molecule is COc1cccc(N2CCN(C(C)C(N)=S)CC2)c1. The molecule has 19 heavy (non-hydrogen) atoms. The normalized spacial score (nSPS) is 18.1. The summed E-state index contributed by atoms with van der Waals surface area (Å²) in [6.07, 6.45) is 0. The van der Waals surface area contributed by atoms with Crippen molar-refractivity contribution in [1.29, 1.82) is 0 Å². The van der Waals surface area contributed by atoms with Gasteiger partial charge in [0.2, 0.25) is 0 Å². The molecule has 1 aromatic rings. The molecule has 1 atom stereocenters. The van der Waals surface area contributed by atoms with Gasteiger partial charge in [0.1, 0.15) is 5.75 Å². The number of rotatable bonds is 4. The Morgan fingerprint density at radius 1 is 1.32 bits per heavy atom. The van der Waals surface area contributed by atoms with Crippen molar-refractivity contribution in [3.05, 3.63) is 24.3 Å². The maximum atomic E-state index is 5.71. The number of thiocarbonyl (C=S) groups is 1. The van der Waals surface area contributed by atoms with Crippen LogP contribution in [0.5, 0.6) is 5.75 Å². The molecule has 1 fully saturated rings. The second-order valence-corrected chi connectivity index (χ2v) is 5.27. The highest BCUT2D eigenvalue weighted by atomic mass is 32.1. The van der Waals surface area contributed by atoms with Crippen LogP contribution in [-0.4, -0.2) is 49.2 Å². The summed E-state index contributed by atoms with van der Waals surface area (Å²) in [5, 5.41) is 0. The van der Waals surface area contributed by atoms with Crippen LogP contribution < -0.4 is 15.4 Å². The number of hydrogen-bond donors (Lipinski definition) is 1. The van der Waals surface area contributed by atoms with Crippen molar-refractivity contribution in [1.82, 2.24) is 4.90 Å². The van der Waals surface area contributed by atoms with E-state index in [1.54, 1.807) is 7.11 Å². The fourth-order valence-corrected chi connectivity index (χ4v) is 2.50. The fourth-order valence-electron chi connectivity index (χ4n) is 2.35. The molecule has 2 rings (SSSR count). The Bertz CT molecular complexity index is 444. The van der Waals surface area contributed by atoms with Crippen molar-refractivity contribution in [3.8, 4) is 5.75 Å². The van der Waals surface area contributed by atoms with E-state index >= 15 is 0 Å². The average Bonchev–Trinajstić information content (AvgIpc) is 2.46. The molecule has 0 radical (unpaired) electrons. The summed E-state index contributed by atoms with van der Waals surface area (Å²) in [6.45, 7) is 6.01. The van der Waals surface area contributed by atoms with Crippen LogP contribution in [0.25, 0.3) is 0 Å². The number of piperazine rings is 1. The van der Waals surface area contributed by atoms with Crippen LogP contribution in [0.15, 0.2) is 24.3 Å². The summed E-state index contributed by atoms with van der Waals surface area (Å²) < 4.78 is 5.27. The van der Waals surface area contributed by atoms with Crippen molar-refractivity contribution in [3.63, 3.8) is 0 Å². The molecule has 1 aliphatic rings. The van der Waals surface area contributed by atoms with Gasteiger partial charge < -0.3 is 15.4 Å². The van der Waals surface area contributed by atoms with Gasteiger partial charge in [0, 0.05) is 37.9 Å². The lowest BCUT2D eigenvalue weighted by atomic mass is 10.2. The van der Waals surface area contributed by atoms with Crippen LogP contribution in [0.2, 0.25) is 0 Å². The van der Waals surface area contributed by atoms with E-state index in [-0.39, 0.29) is 6.04 Å². The first-order valence-electron chi connectivity index (χ1n) is 6.54. The molecule has 1 unspecified atom stereocenters. The van der Waals surface area contributed by atoms with E-state index in [1.807, 2.05) is 12.1 Å². The maximum absolute atomic E-state index is 5.71. The molecule has 0 aliphatic carbocycles. The Morgan fingerprint density at radius 2 is 2.00 bits per heavy atom. The Balaban J connectivity index is 1.97. The van der Waals surface area contributed by atoms with Gasteiger partial charge in [0.05, 0.1) is 18.1 Å². The summed E-state index contributed by atoms with van der Waals surface area (Å²) in [6, 6.07) is 8.37. The molecule has 1 heterocycles. The molecule has 4 nitrogen and oxygen atoms in total. The molecule has 0 aromatic heterocycles. The molecule has 5 heteroatoms. The summed E-state index contributed by atoms with van der Waals surface area (Å²) in [4.78, 5) is 5.28. The lowest BCUT2D eigenvalue weighted by Crippen LogP contribution is -2.52. The molecule has 1 aromatic carbocycles. The predicted octanol–water partition coefficient (Wildman–Crippen LogP) is 1.49. The van der Waals surface area contributed by atoms with Gasteiger partial charge in [-0.15, -0.1) is 0 Å². The van der Waals surface area contributed by atoms with Crippen LogP contribution in [0.4, 0.5) is 5.69 Å². The molecule has 2 N–H and O–H groups in total. The van der Waals surface area contributed by atoms with E-state index in [2.05, 4.69) is 28.9 Å². The molecule has 0 bridgehead atoms. The van der Waals surface area contributed by atoms with Crippen LogP contribution >= 0.6 is 12.2 Å². The second-order valence-electron chi connectivity index (χ2n) is 4.80. The van der Waals surface area contributed by atoms with Crippen molar-refractivity contribution in [2.45, 2.75) is 13.0 Å². The van der Waals surface area contributed by atoms with Crippen molar-refractivity contribution < 1.29 is 4.74 Å². The van der Waals surface area contributed by atoms with E-state index in [4.69, 9.17) is 22.7 Å². The minimum absolute atomic E-state index is 0.183. The minimum atomic E-state index is 0.183. The highest BCUT2D eigenvalue weighted by Gasteiger charge is 2.22. The molecule has 0 saturated carbocycles. The minimum Gasteiger partial charge on any atom is -0.497 e. The fraction of sp³-hybridized carbons (Fsp3) is 0.500. The quantitative estimate of drug-likeness (QED) is 0.846. The first kappa shape index (κ1) is 14.1. The highest BCUT2D eigenvalue weighted by Crippen LogP contribution is 2.22. The first-order valence-corrected chi connectivity index (χ1v) is 6.95. The number of nitrogens with two attached hydrogens (primary N) is 1. The standard InChI is InChI=1S/C14H21N3OS/c1-11(14(15)19)16-6-8-17(9-7-16)12-4-3-5-13(10-12)18-2/h3-5,10-11H,6-9H2,1-2H3,(H2,15,19). The van der Waals surface area contributed by atoms with Gasteiger partial charge in [-0.2, -0.15) is 0 Å². The van der Waals surface area contributed by atoms with Crippen LogP contribution in [-0.2, 0) is 0 Å². The Hall–Kier alpha value is -1.33. The zero-order chi connectivity index (χ0) is 13.8. The molecule has 104 valence electrons. The smallest absolute Gasteiger partial charge is 0.120 e. The predicted molar refractivity (Wildman–Crippen MR) is 83.0 cm³/mol. The topological polar surface area (TPSA) is 41.7 Å². The number of hydrogen-bond acceptors (Lipinski definition) is 4. The zero-order valence-corrected chi connectivity index (χ0v) is 12.3. The van der Waals surface area contributed by atoms with Gasteiger partial charge >= 0.3 is 0 Å². The number of nitrogens with zero attached hydrogens (tertiary/aromatic N) is 2. The summed E-state index contributed by atoms with van der Waals surface area (Å²) in [5.41, 5.74) is 6.92. The van der Waals surface area contributed by atoms with E-state index in [9.17, 15) is 0 Å². The van der Waals surface area contributed by atoms with E-state index in [0.717, 1.165) is 31.9 Å². The van der Waals surface area contributed by atoms with Crippen molar-refractivity contribution >= 4 is 22.9 Å². The average molecular weight is 279 g/mol. The number of ether oxygens (including phenoxy) is 1. The molecule has 1 saturated heterocycles. The Kier molecular flexibility index (Phi) is 4.61. The van der Waals surface area contributed by atoms with Gasteiger partial charge in [-0.05, 0) is 19.1 Å². The number of methoxy groups -OCH3 is 1. The van der Waals surface area contributed by atoms with E-state index in [0.29, 0.717) is 4.99 Å². The highest BCUT2D eigenvalue weighted by molar-refractivity contribution is 7.80. The van der Waals surface area contributed by atoms with Gasteiger partial charge in [-0.25, -0.2) is 0 Å². The van der Waals surface area contributed by atoms with Gasteiger partial charge in [0.25, 0.3) is 0 Å². The van der Waals surface area contributed by atoms with E-state index in [1.165, 1.54) is 5.69 Å². The summed E-state index contributed by atoms with van der Waals surface area (Å²) in [5.74, 6) is 0.899. The molecule has 1 aliphatic heterocycles. The summed E-state index contributed by atoms with van der Waals surface area (Å²) >= 11 is 5.06. The third-order valence-corrected chi connectivity index (χ3v) is 4.03. The molecular formula is C14H21N3OS. The second kappa shape index (κ2) is 6.21. The Morgan fingerprint density at radius 3 is 2.58 bits per heavy atom. The van der Waals surface area contributed by atoms with Gasteiger partial charge in [0.15, 0.2) is 0 Å². The summed E-state index contributed by atoms with van der Waals surface area (Å²) in [7, 11) is 1.70. The van der Waals surface area contributed by atoms with E-state index < -0.39 is 0 Å². The molecule has 0 amide bonds. The first-order chi connectivity index (χ1) is 9.11. The van der Waals surface area contributed by atoms with Gasteiger partial charge in [-0.3, -0.25) is 4.90 Å². The Labute approximate surface area is 120 Å². The van der Waals surface area contributed by atoms with Gasteiger partial charge in [-0.1, -0.05) is 18.3 Å². The van der Waals surface area contributed by atoms with Crippen LogP contribution in [0.1, 0.15) is 6.92 Å². The lowest BCUT2D eigenvalue weighted by molar-refractivity contribution is 0.239. The third kappa shape index (κ3) is 3.36. The largest absolute Gasteiger partial charge is 0.497 e. The maximum Gasteiger partial charge on any atom is 0.120 e. The lowest BCUT2D eigenvalue weighted by Gasteiger charge is -2.38. The molecular weight excluding hydrogens is 258 g/mol. The third-order valence-electron chi connectivity index (χ3n) is 3.69. The zero-order valence-electron chi connectivity index (χ0n) is 11.5.